The zero-order valence-electron chi connectivity index (χ0n) is 12.7. The Morgan fingerprint density at radius 1 is 0.773 bits per heavy atom. The number of benzene rings is 2. The summed E-state index contributed by atoms with van der Waals surface area (Å²) in [5.41, 5.74) is 2.66. The van der Waals surface area contributed by atoms with Crippen molar-refractivity contribution in [2.24, 2.45) is 0 Å². The van der Waals surface area contributed by atoms with Crippen LogP contribution in [0.5, 0.6) is 11.5 Å². The van der Waals surface area contributed by atoms with Crippen molar-refractivity contribution in [1.29, 1.82) is 0 Å². The number of hydrogen-bond acceptors (Lipinski definition) is 4. The molecule has 2 aromatic carbocycles. The quantitative estimate of drug-likeness (QED) is 0.730. The molecule has 2 aromatic rings. The number of aldehydes is 2. The molecule has 0 radical (unpaired) electrons. The number of ether oxygens (including phenoxy) is 2. The Hall–Kier alpha value is -2.62. The fraction of sp³-hybridized carbons (Fsp3) is 0.222. The van der Waals surface area contributed by atoms with Crippen LogP contribution < -0.4 is 9.47 Å². The second-order valence-corrected chi connectivity index (χ2v) is 4.61. The minimum atomic E-state index is 0.487. The van der Waals surface area contributed by atoms with Crippen molar-refractivity contribution in [2.75, 3.05) is 13.2 Å². The third kappa shape index (κ3) is 3.34. The van der Waals surface area contributed by atoms with Gasteiger partial charge in [0.1, 0.15) is 11.5 Å². The first-order chi connectivity index (χ1) is 10.7. The molecule has 114 valence electrons. The monoisotopic (exact) mass is 298 g/mol. The van der Waals surface area contributed by atoms with E-state index >= 15 is 0 Å². The van der Waals surface area contributed by atoms with E-state index in [4.69, 9.17) is 9.47 Å². The number of hydrogen-bond donors (Lipinski definition) is 0. The van der Waals surface area contributed by atoms with E-state index in [1.165, 1.54) is 0 Å². The first-order valence-electron chi connectivity index (χ1n) is 7.17. The summed E-state index contributed by atoms with van der Waals surface area (Å²) in [4.78, 5) is 22.4. The molecule has 0 spiro atoms. The van der Waals surface area contributed by atoms with Crippen molar-refractivity contribution in [1.82, 2.24) is 0 Å². The van der Waals surface area contributed by atoms with Crippen LogP contribution in [0.3, 0.4) is 0 Å². The maximum Gasteiger partial charge on any atom is 0.153 e. The van der Waals surface area contributed by atoms with Crippen molar-refractivity contribution in [3.05, 3.63) is 47.5 Å². The Bertz CT molecular complexity index is 617. The van der Waals surface area contributed by atoms with Crippen molar-refractivity contribution in [3.63, 3.8) is 0 Å². The normalized spacial score (nSPS) is 10.1. The van der Waals surface area contributed by atoms with Crippen LogP contribution in [-0.4, -0.2) is 25.8 Å². The molecule has 0 bridgehead atoms. The summed E-state index contributed by atoms with van der Waals surface area (Å²) in [5, 5.41) is 0. The van der Waals surface area contributed by atoms with Gasteiger partial charge in [-0.3, -0.25) is 9.59 Å². The molecule has 0 saturated carbocycles. The zero-order chi connectivity index (χ0) is 15.9. The molecule has 4 heteroatoms. The van der Waals surface area contributed by atoms with E-state index in [2.05, 4.69) is 0 Å². The van der Waals surface area contributed by atoms with E-state index in [1.807, 2.05) is 26.0 Å². The van der Waals surface area contributed by atoms with Crippen LogP contribution in [0.15, 0.2) is 36.4 Å². The Kier molecular flexibility index (Phi) is 5.31. The SMILES string of the molecule is CCOc1ccc(-c2ccc(OCC)c(C=O)c2)cc1C=O. The summed E-state index contributed by atoms with van der Waals surface area (Å²) in [6.07, 6.45) is 1.54. The molecule has 0 aliphatic heterocycles. The third-order valence-corrected chi connectivity index (χ3v) is 3.21. The van der Waals surface area contributed by atoms with Gasteiger partial charge in [-0.05, 0) is 49.2 Å². The van der Waals surface area contributed by atoms with E-state index in [0.717, 1.165) is 23.7 Å². The van der Waals surface area contributed by atoms with Gasteiger partial charge in [0, 0.05) is 0 Å². The highest BCUT2D eigenvalue weighted by atomic mass is 16.5. The van der Waals surface area contributed by atoms with Gasteiger partial charge in [-0.1, -0.05) is 12.1 Å². The number of carbonyl (C=O) groups excluding carboxylic acids is 2. The van der Waals surface area contributed by atoms with Crippen LogP contribution in [0, 0.1) is 0 Å². The topological polar surface area (TPSA) is 52.6 Å². The lowest BCUT2D eigenvalue weighted by atomic mass is 10.0. The van der Waals surface area contributed by atoms with Gasteiger partial charge in [0.15, 0.2) is 12.6 Å². The average molecular weight is 298 g/mol. The molecule has 4 nitrogen and oxygen atoms in total. The largest absolute Gasteiger partial charge is 0.493 e. The maximum absolute atomic E-state index is 11.2. The summed E-state index contributed by atoms with van der Waals surface area (Å²) in [6.45, 7) is 4.73. The van der Waals surface area contributed by atoms with E-state index in [-0.39, 0.29) is 0 Å². The van der Waals surface area contributed by atoms with Crippen molar-refractivity contribution in [3.8, 4) is 22.6 Å². The summed E-state index contributed by atoms with van der Waals surface area (Å²) >= 11 is 0. The van der Waals surface area contributed by atoms with Gasteiger partial charge in [0.2, 0.25) is 0 Å². The highest BCUT2D eigenvalue weighted by Gasteiger charge is 2.09. The Morgan fingerprint density at radius 3 is 1.50 bits per heavy atom. The first kappa shape index (κ1) is 15.8. The predicted octanol–water partition coefficient (Wildman–Crippen LogP) is 3.78. The smallest absolute Gasteiger partial charge is 0.153 e. The minimum Gasteiger partial charge on any atom is -0.493 e. The fourth-order valence-corrected chi connectivity index (χ4v) is 2.21. The first-order valence-corrected chi connectivity index (χ1v) is 7.17. The Balaban J connectivity index is 2.43. The number of carbonyl (C=O) groups is 2. The van der Waals surface area contributed by atoms with Gasteiger partial charge < -0.3 is 9.47 Å². The lowest BCUT2D eigenvalue weighted by Gasteiger charge is -2.11. The molecule has 0 aliphatic carbocycles. The second kappa shape index (κ2) is 7.41. The van der Waals surface area contributed by atoms with Crippen LogP contribution in [-0.2, 0) is 0 Å². The molecule has 2 rings (SSSR count). The molecule has 0 aromatic heterocycles. The summed E-state index contributed by atoms with van der Waals surface area (Å²) in [5.74, 6) is 1.12. The van der Waals surface area contributed by atoms with Gasteiger partial charge in [0.05, 0.1) is 24.3 Å². The molecule has 0 N–H and O–H groups in total. The molecule has 0 atom stereocenters. The van der Waals surface area contributed by atoms with Crippen LogP contribution in [0.25, 0.3) is 11.1 Å². The summed E-state index contributed by atoms with van der Waals surface area (Å²) in [6, 6.07) is 10.8. The zero-order valence-corrected chi connectivity index (χ0v) is 12.7. The third-order valence-electron chi connectivity index (χ3n) is 3.21. The van der Waals surface area contributed by atoms with E-state index in [1.54, 1.807) is 24.3 Å². The lowest BCUT2D eigenvalue weighted by Crippen LogP contribution is -1.97. The van der Waals surface area contributed by atoms with Crippen LogP contribution in [0.1, 0.15) is 34.6 Å². The maximum atomic E-state index is 11.2. The Morgan fingerprint density at radius 2 is 1.18 bits per heavy atom. The molecule has 0 fully saturated rings. The van der Waals surface area contributed by atoms with Gasteiger partial charge in [-0.15, -0.1) is 0 Å². The van der Waals surface area contributed by atoms with Crippen molar-refractivity contribution < 1.29 is 19.1 Å². The molecular weight excluding hydrogens is 280 g/mol. The van der Waals surface area contributed by atoms with E-state index in [0.29, 0.717) is 35.8 Å². The van der Waals surface area contributed by atoms with E-state index in [9.17, 15) is 9.59 Å². The van der Waals surface area contributed by atoms with Gasteiger partial charge in [-0.25, -0.2) is 0 Å². The van der Waals surface area contributed by atoms with Crippen LogP contribution in [0.2, 0.25) is 0 Å². The molecule has 0 unspecified atom stereocenters. The highest BCUT2D eigenvalue weighted by molar-refractivity contribution is 5.86. The molecule has 0 heterocycles. The fourth-order valence-electron chi connectivity index (χ4n) is 2.21. The van der Waals surface area contributed by atoms with Crippen molar-refractivity contribution in [2.45, 2.75) is 13.8 Å². The standard InChI is InChI=1S/C18H18O4/c1-3-21-17-7-5-13(9-15(17)11-19)14-6-8-18(22-4-2)16(10-14)12-20/h5-12H,3-4H2,1-2H3. The van der Waals surface area contributed by atoms with Gasteiger partial charge in [-0.2, -0.15) is 0 Å². The minimum absolute atomic E-state index is 0.487. The van der Waals surface area contributed by atoms with Crippen molar-refractivity contribution >= 4 is 12.6 Å². The summed E-state index contributed by atoms with van der Waals surface area (Å²) in [7, 11) is 0. The molecule has 0 saturated heterocycles. The van der Waals surface area contributed by atoms with Crippen LogP contribution >= 0.6 is 0 Å². The lowest BCUT2D eigenvalue weighted by molar-refractivity contribution is 0.111. The number of rotatable bonds is 7. The van der Waals surface area contributed by atoms with Crippen LogP contribution in [0.4, 0.5) is 0 Å². The summed E-state index contributed by atoms with van der Waals surface area (Å²) < 4.78 is 10.8. The predicted molar refractivity (Wildman–Crippen MR) is 85.0 cm³/mol. The second-order valence-electron chi connectivity index (χ2n) is 4.61. The Labute approximate surface area is 129 Å². The molecular formula is C18H18O4. The molecule has 0 aliphatic rings. The van der Waals surface area contributed by atoms with E-state index < -0.39 is 0 Å². The molecule has 0 amide bonds. The van der Waals surface area contributed by atoms with Gasteiger partial charge >= 0.3 is 0 Å². The highest BCUT2D eigenvalue weighted by Crippen LogP contribution is 2.29. The van der Waals surface area contributed by atoms with Gasteiger partial charge in [0.25, 0.3) is 0 Å². The average Bonchev–Trinajstić information content (AvgIpc) is 2.56. The molecule has 22 heavy (non-hydrogen) atoms.